The molecule has 128 valence electrons. The summed E-state index contributed by atoms with van der Waals surface area (Å²) in [6.07, 6.45) is 0. The molecule has 0 unspecified atom stereocenters. The van der Waals surface area contributed by atoms with Crippen LogP contribution in [0.5, 0.6) is 11.5 Å². The quantitative estimate of drug-likeness (QED) is 0.755. The third-order valence-corrected chi connectivity index (χ3v) is 3.55. The minimum atomic E-state index is -0.254. The number of amides is 2. The first-order valence-electron chi connectivity index (χ1n) is 8.00. The highest BCUT2D eigenvalue weighted by Crippen LogP contribution is 2.25. The summed E-state index contributed by atoms with van der Waals surface area (Å²) < 4.78 is 10.8. The van der Waals surface area contributed by atoms with Crippen molar-refractivity contribution in [2.24, 2.45) is 0 Å². The van der Waals surface area contributed by atoms with Crippen LogP contribution >= 0.6 is 0 Å². The molecule has 24 heavy (non-hydrogen) atoms. The van der Waals surface area contributed by atoms with Crippen LogP contribution in [0.1, 0.15) is 25.3 Å². The van der Waals surface area contributed by atoms with E-state index in [1.807, 2.05) is 48.5 Å². The van der Waals surface area contributed by atoms with Crippen LogP contribution in [0.4, 0.5) is 10.5 Å². The summed E-state index contributed by atoms with van der Waals surface area (Å²) in [6, 6.07) is 15.0. The lowest BCUT2D eigenvalue weighted by Crippen LogP contribution is -2.32. The summed E-state index contributed by atoms with van der Waals surface area (Å²) in [7, 11) is 1.60. The summed E-state index contributed by atoms with van der Waals surface area (Å²) in [5.74, 6) is 1.80. The first-order valence-corrected chi connectivity index (χ1v) is 8.00. The second-order valence-corrected chi connectivity index (χ2v) is 5.66. The van der Waals surface area contributed by atoms with Gasteiger partial charge in [0.2, 0.25) is 0 Å². The Labute approximate surface area is 143 Å². The molecule has 0 aromatic heterocycles. The number of nitrogens with one attached hydrogen (secondary N) is 2. The Morgan fingerprint density at radius 2 is 1.71 bits per heavy atom. The second-order valence-electron chi connectivity index (χ2n) is 5.66. The van der Waals surface area contributed by atoms with E-state index in [-0.39, 0.29) is 6.03 Å². The Bertz CT molecular complexity index is 654. The highest BCUT2D eigenvalue weighted by Gasteiger charge is 2.04. The van der Waals surface area contributed by atoms with Crippen LogP contribution in [0.3, 0.4) is 0 Å². The molecule has 2 rings (SSSR count). The summed E-state index contributed by atoms with van der Waals surface area (Å²) in [4.78, 5) is 11.9. The van der Waals surface area contributed by atoms with Crippen molar-refractivity contribution in [2.75, 3.05) is 25.6 Å². The molecule has 2 N–H and O–H groups in total. The maximum atomic E-state index is 11.9. The monoisotopic (exact) mass is 328 g/mol. The summed E-state index contributed by atoms with van der Waals surface area (Å²) in [5, 5.41) is 5.56. The molecular formula is C19H24N2O3. The molecule has 2 aromatic rings. The number of benzene rings is 2. The highest BCUT2D eigenvalue weighted by molar-refractivity contribution is 5.89. The molecule has 2 amide bonds. The van der Waals surface area contributed by atoms with Gasteiger partial charge in [0.1, 0.15) is 6.61 Å². The normalized spacial score (nSPS) is 10.3. The largest absolute Gasteiger partial charge is 0.493 e. The Kier molecular flexibility index (Phi) is 6.49. The third-order valence-electron chi connectivity index (χ3n) is 3.55. The lowest BCUT2D eigenvalue weighted by atomic mass is 10.0. The van der Waals surface area contributed by atoms with Gasteiger partial charge in [0.15, 0.2) is 11.5 Å². The van der Waals surface area contributed by atoms with Crippen LogP contribution in [0.25, 0.3) is 0 Å². The number of ether oxygens (including phenoxy) is 2. The maximum absolute atomic E-state index is 11.9. The average Bonchev–Trinajstić information content (AvgIpc) is 2.59. The first-order chi connectivity index (χ1) is 11.6. The summed E-state index contributed by atoms with van der Waals surface area (Å²) in [6.45, 7) is 5.03. The second kappa shape index (κ2) is 8.82. The van der Waals surface area contributed by atoms with Gasteiger partial charge in [-0.2, -0.15) is 0 Å². The maximum Gasteiger partial charge on any atom is 0.319 e. The molecule has 5 heteroatoms. The summed E-state index contributed by atoms with van der Waals surface area (Å²) in [5.41, 5.74) is 2.01. The molecule has 0 radical (unpaired) electrons. The molecule has 0 aliphatic rings. The molecule has 0 heterocycles. The van der Waals surface area contributed by atoms with E-state index >= 15 is 0 Å². The predicted octanol–water partition coefficient (Wildman–Crippen LogP) is 4.02. The molecule has 5 nitrogen and oxygen atoms in total. The van der Waals surface area contributed by atoms with Crippen molar-refractivity contribution in [3.05, 3.63) is 54.1 Å². The van der Waals surface area contributed by atoms with E-state index in [0.29, 0.717) is 30.6 Å². The first kappa shape index (κ1) is 17.7. The number of anilines is 1. The van der Waals surface area contributed by atoms with Crippen LogP contribution in [-0.2, 0) is 0 Å². The smallest absolute Gasteiger partial charge is 0.319 e. The van der Waals surface area contributed by atoms with Crippen molar-refractivity contribution in [3.8, 4) is 11.5 Å². The van der Waals surface area contributed by atoms with Crippen molar-refractivity contribution in [1.29, 1.82) is 0 Å². The zero-order chi connectivity index (χ0) is 17.4. The molecule has 2 aromatic carbocycles. The van der Waals surface area contributed by atoms with E-state index in [0.717, 1.165) is 5.69 Å². The van der Waals surface area contributed by atoms with E-state index in [9.17, 15) is 4.79 Å². The number of methoxy groups -OCH3 is 1. The minimum Gasteiger partial charge on any atom is -0.493 e. The standard InChI is InChI=1S/C19H24N2O3/c1-14(2)15-8-10-16(11-9-15)21-19(22)20-12-13-24-18-7-5-4-6-17(18)23-3/h4-11,14H,12-13H2,1-3H3,(H2,20,21,22). The van der Waals surface area contributed by atoms with Crippen LogP contribution in [0.2, 0.25) is 0 Å². The van der Waals surface area contributed by atoms with Gasteiger partial charge in [-0.15, -0.1) is 0 Å². The molecule has 0 saturated carbocycles. The third kappa shape index (κ3) is 5.19. The molecule has 0 fully saturated rings. The topological polar surface area (TPSA) is 59.6 Å². The predicted molar refractivity (Wildman–Crippen MR) is 96.0 cm³/mol. The van der Waals surface area contributed by atoms with Gasteiger partial charge in [-0.25, -0.2) is 4.79 Å². The van der Waals surface area contributed by atoms with Crippen LogP contribution in [-0.4, -0.2) is 26.3 Å². The Balaban J connectivity index is 1.73. The van der Waals surface area contributed by atoms with Crippen molar-refractivity contribution >= 4 is 11.7 Å². The van der Waals surface area contributed by atoms with Gasteiger partial charge in [-0.05, 0) is 35.7 Å². The van der Waals surface area contributed by atoms with Crippen LogP contribution in [0.15, 0.2) is 48.5 Å². The zero-order valence-corrected chi connectivity index (χ0v) is 14.3. The fourth-order valence-corrected chi connectivity index (χ4v) is 2.19. The number of carbonyl (C=O) groups excluding carboxylic acids is 1. The number of rotatable bonds is 7. The molecule has 0 aliphatic heterocycles. The number of urea groups is 1. The average molecular weight is 328 g/mol. The molecule has 0 bridgehead atoms. The molecule has 0 saturated heterocycles. The van der Waals surface area contributed by atoms with Gasteiger partial charge >= 0.3 is 6.03 Å². The van der Waals surface area contributed by atoms with Crippen molar-refractivity contribution in [3.63, 3.8) is 0 Å². The molecule has 0 aliphatic carbocycles. The van der Waals surface area contributed by atoms with Gasteiger partial charge in [0.05, 0.1) is 13.7 Å². The van der Waals surface area contributed by atoms with E-state index in [1.165, 1.54) is 5.56 Å². The zero-order valence-electron chi connectivity index (χ0n) is 14.3. The van der Waals surface area contributed by atoms with Gasteiger partial charge in [-0.1, -0.05) is 38.1 Å². The fourth-order valence-electron chi connectivity index (χ4n) is 2.19. The van der Waals surface area contributed by atoms with Gasteiger partial charge in [0.25, 0.3) is 0 Å². The Morgan fingerprint density at radius 1 is 1.04 bits per heavy atom. The minimum absolute atomic E-state index is 0.254. The van der Waals surface area contributed by atoms with E-state index in [1.54, 1.807) is 7.11 Å². The van der Waals surface area contributed by atoms with E-state index in [2.05, 4.69) is 24.5 Å². The van der Waals surface area contributed by atoms with Crippen molar-refractivity contribution in [2.45, 2.75) is 19.8 Å². The van der Waals surface area contributed by atoms with Crippen LogP contribution in [0, 0.1) is 0 Å². The van der Waals surface area contributed by atoms with E-state index < -0.39 is 0 Å². The van der Waals surface area contributed by atoms with Gasteiger partial charge in [0, 0.05) is 5.69 Å². The number of hydrogen-bond acceptors (Lipinski definition) is 3. The lowest BCUT2D eigenvalue weighted by molar-refractivity contribution is 0.246. The lowest BCUT2D eigenvalue weighted by Gasteiger charge is -2.12. The molecule has 0 atom stereocenters. The number of carbonyl (C=O) groups is 1. The summed E-state index contributed by atoms with van der Waals surface area (Å²) >= 11 is 0. The SMILES string of the molecule is COc1ccccc1OCCNC(=O)Nc1ccc(C(C)C)cc1. The van der Waals surface area contributed by atoms with Gasteiger partial charge < -0.3 is 20.1 Å². The Morgan fingerprint density at radius 3 is 2.33 bits per heavy atom. The molecular weight excluding hydrogens is 304 g/mol. The van der Waals surface area contributed by atoms with E-state index in [4.69, 9.17) is 9.47 Å². The number of hydrogen-bond donors (Lipinski definition) is 2. The fraction of sp³-hybridized carbons (Fsp3) is 0.316. The highest BCUT2D eigenvalue weighted by atomic mass is 16.5. The van der Waals surface area contributed by atoms with Crippen molar-refractivity contribution < 1.29 is 14.3 Å². The number of para-hydroxylation sites is 2. The van der Waals surface area contributed by atoms with Crippen LogP contribution < -0.4 is 20.1 Å². The molecule has 0 spiro atoms. The Hall–Kier alpha value is -2.69. The van der Waals surface area contributed by atoms with Gasteiger partial charge in [-0.3, -0.25) is 0 Å². The van der Waals surface area contributed by atoms with Crippen molar-refractivity contribution in [1.82, 2.24) is 5.32 Å².